The van der Waals surface area contributed by atoms with Crippen LogP contribution in [0.25, 0.3) is 16.5 Å². The maximum Gasteiger partial charge on any atom is 0.337 e. The number of aromatic nitrogens is 2. The van der Waals surface area contributed by atoms with Crippen LogP contribution >= 0.6 is 12.2 Å². The third-order valence-electron chi connectivity index (χ3n) is 8.18. The molecule has 1 aliphatic rings. The van der Waals surface area contributed by atoms with Crippen molar-refractivity contribution in [3.8, 4) is 5.69 Å². The molecule has 3 heterocycles. The first kappa shape index (κ1) is 29.1. The quantitative estimate of drug-likeness (QED) is 0.156. The van der Waals surface area contributed by atoms with Crippen molar-refractivity contribution in [3.05, 3.63) is 125 Å². The van der Waals surface area contributed by atoms with Crippen molar-refractivity contribution in [2.45, 2.75) is 32.4 Å². The van der Waals surface area contributed by atoms with Gasteiger partial charge in [-0.15, -0.1) is 0 Å². The molecule has 2 aromatic heterocycles. The van der Waals surface area contributed by atoms with E-state index in [0.717, 1.165) is 44.8 Å². The SMILES string of the molecule is COC(=O)c1ccc(-n2c(C)cc([C@H]3[C@@H](c4ccccn4)NC(=S)N3CCC(=O)Nc3cccc4ccccc34)c2C)cc1. The van der Waals surface area contributed by atoms with Crippen LogP contribution in [-0.2, 0) is 9.53 Å². The Morgan fingerprint density at radius 2 is 1.73 bits per heavy atom. The van der Waals surface area contributed by atoms with Crippen molar-refractivity contribution < 1.29 is 14.3 Å². The third kappa shape index (κ3) is 5.54. The summed E-state index contributed by atoms with van der Waals surface area (Å²) in [5.41, 5.74) is 6.24. The molecule has 0 radical (unpaired) electrons. The number of carbonyl (C=O) groups excluding carboxylic acids is 2. The van der Waals surface area contributed by atoms with Crippen molar-refractivity contribution in [2.24, 2.45) is 0 Å². The molecule has 8 nitrogen and oxygen atoms in total. The molecule has 222 valence electrons. The second kappa shape index (κ2) is 12.3. The number of anilines is 1. The molecule has 3 aromatic carbocycles. The maximum atomic E-state index is 13.3. The molecule has 1 saturated heterocycles. The van der Waals surface area contributed by atoms with Gasteiger partial charge in [-0.1, -0.05) is 42.5 Å². The molecule has 0 bridgehead atoms. The molecular formula is C35H33N5O3S. The Morgan fingerprint density at radius 1 is 0.977 bits per heavy atom. The van der Waals surface area contributed by atoms with Gasteiger partial charge in [0.2, 0.25) is 5.91 Å². The number of ether oxygens (including phenoxy) is 1. The van der Waals surface area contributed by atoms with Crippen LogP contribution in [0.5, 0.6) is 0 Å². The van der Waals surface area contributed by atoms with E-state index >= 15 is 0 Å². The predicted octanol–water partition coefficient (Wildman–Crippen LogP) is 6.43. The van der Waals surface area contributed by atoms with Crippen LogP contribution in [0.15, 0.2) is 97.2 Å². The number of rotatable bonds is 8. The van der Waals surface area contributed by atoms with Gasteiger partial charge in [-0.25, -0.2) is 4.79 Å². The molecule has 44 heavy (non-hydrogen) atoms. The number of pyridine rings is 1. The van der Waals surface area contributed by atoms with Gasteiger partial charge in [0.15, 0.2) is 5.11 Å². The summed E-state index contributed by atoms with van der Waals surface area (Å²) in [6.07, 6.45) is 2.04. The Kier molecular flexibility index (Phi) is 8.13. The minimum absolute atomic E-state index is 0.0830. The minimum atomic E-state index is -0.373. The van der Waals surface area contributed by atoms with E-state index in [0.29, 0.717) is 17.2 Å². The van der Waals surface area contributed by atoms with Crippen molar-refractivity contribution in [1.82, 2.24) is 19.8 Å². The molecule has 2 atom stereocenters. The topological polar surface area (TPSA) is 88.5 Å². The van der Waals surface area contributed by atoms with E-state index in [4.69, 9.17) is 17.0 Å². The van der Waals surface area contributed by atoms with Gasteiger partial charge in [0.1, 0.15) is 0 Å². The van der Waals surface area contributed by atoms with Crippen molar-refractivity contribution in [1.29, 1.82) is 0 Å². The van der Waals surface area contributed by atoms with Gasteiger partial charge in [0.25, 0.3) is 0 Å². The largest absolute Gasteiger partial charge is 0.465 e. The number of esters is 1. The minimum Gasteiger partial charge on any atom is -0.465 e. The van der Waals surface area contributed by atoms with E-state index in [-0.39, 0.29) is 30.4 Å². The summed E-state index contributed by atoms with van der Waals surface area (Å²) in [5.74, 6) is -0.456. The zero-order valence-corrected chi connectivity index (χ0v) is 25.6. The number of benzene rings is 3. The molecule has 0 spiro atoms. The van der Waals surface area contributed by atoms with Crippen molar-refractivity contribution >= 4 is 45.7 Å². The highest BCUT2D eigenvalue weighted by atomic mass is 32.1. The van der Waals surface area contributed by atoms with E-state index in [9.17, 15) is 9.59 Å². The zero-order valence-electron chi connectivity index (χ0n) is 24.8. The van der Waals surface area contributed by atoms with Gasteiger partial charge < -0.3 is 24.8 Å². The molecule has 0 unspecified atom stereocenters. The molecule has 9 heteroatoms. The first-order valence-corrected chi connectivity index (χ1v) is 14.9. The highest BCUT2D eigenvalue weighted by Crippen LogP contribution is 2.41. The summed E-state index contributed by atoms with van der Waals surface area (Å²) in [7, 11) is 1.37. The summed E-state index contributed by atoms with van der Waals surface area (Å²) in [6, 6.07) is 28.9. The standard InChI is InChI=1S/C35H33N5O3S/c1-22-21-28(23(2)40(22)26-16-14-25(15-17-26)34(42)43-3)33-32(30-12-6-7-19-36-30)38-35(44)39(33)20-18-31(41)37-29-13-8-10-24-9-4-5-11-27(24)29/h4-17,19,21,32-33H,18,20H2,1-3H3,(H,37,41)(H,38,44)/t32-,33+/m1/s1. The Morgan fingerprint density at radius 3 is 2.48 bits per heavy atom. The maximum absolute atomic E-state index is 13.3. The lowest BCUT2D eigenvalue weighted by Gasteiger charge is -2.28. The first-order valence-electron chi connectivity index (χ1n) is 14.5. The van der Waals surface area contributed by atoms with Gasteiger partial charge in [-0.05, 0) is 85.5 Å². The summed E-state index contributed by atoms with van der Waals surface area (Å²) < 4.78 is 7.03. The second-order valence-corrected chi connectivity index (χ2v) is 11.2. The lowest BCUT2D eigenvalue weighted by atomic mass is 9.96. The fourth-order valence-electron chi connectivity index (χ4n) is 6.10. The van der Waals surface area contributed by atoms with E-state index in [1.54, 1.807) is 18.3 Å². The molecule has 1 aliphatic heterocycles. The van der Waals surface area contributed by atoms with E-state index < -0.39 is 0 Å². The summed E-state index contributed by atoms with van der Waals surface area (Å²) in [6.45, 7) is 4.57. The van der Waals surface area contributed by atoms with Crippen LogP contribution in [0, 0.1) is 13.8 Å². The molecule has 6 rings (SSSR count). The number of thiocarbonyl (C=S) groups is 1. The Labute approximate surface area is 261 Å². The lowest BCUT2D eigenvalue weighted by Crippen LogP contribution is -2.33. The summed E-state index contributed by atoms with van der Waals surface area (Å²) >= 11 is 5.87. The number of aryl methyl sites for hydroxylation is 1. The third-order valence-corrected chi connectivity index (χ3v) is 8.53. The van der Waals surface area contributed by atoms with Crippen molar-refractivity contribution in [2.75, 3.05) is 19.0 Å². The molecule has 5 aromatic rings. The molecular weight excluding hydrogens is 570 g/mol. The monoisotopic (exact) mass is 603 g/mol. The molecule has 0 aliphatic carbocycles. The first-order chi connectivity index (χ1) is 21.4. The highest BCUT2D eigenvalue weighted by Gasteiger charge is 2.41. The second-order valence-electron chi connectivity index (χ2n) is 10.8. The van der Waals surface area contributed by atoms with Crippen LogP contribution in [-0.4, -0.2) is 45.1 Å². The van der Waals surface area contributed by atoms with E-state index in [1.807, 2.05) is 72.8 Å². The van der Waals surface area contributed by atoms with Gasteiger partial charge in [0.05, 0.1) is 30.5 Å². The predicted molar refractivity (Wildman–Crippen MR) is 176 cm³/mol. The van der Waals surface area contributed by atoms with Gasteiger partial charge in [-0.2, -0.15) is 0 Å². The molecule has 0 saturated carbocycles. The number of amides is 1. The number of nitrogens with one attached hydrogen (secondary N) is 2. The van der Waals surface area contributed by atoms with Gasteiger partial charge >= 0.3 is 5.97 Å². The van der Waals surface area contributed by atoms with Crippen LogP contribution in [0.2, 0.25) is 0 Å². The Bertz CT molecular complexity index is 1850. The molecule has 2 N–H and O–H groups in total. The number of fused-ring (bicyclic) bond motifs is 1. The Balaban J connectivity index is 1.30. The number of hydrogen-bond donors (Lipinski definition) is 2. The van der Waals surface area contributed by atoms with Gasteiger partial charge in [-0.3, -0.25) is 9.78 Å². The van der Waals surface area contributed by atoms with Crippen LogP contribution in [0.1, 0.15) is 51.5 Å². The van der Waals surface area contributed by atoms with Gasteiger partial charge in [0, 0.05) is 47.3 Å². The summed E-state index contributed by atoms with van der Waals surface area (Å²) in [5, 5.41) is 9.25. The number of methoxy groups -OCH3 is 1. The summed E-state index contributed by atoms with van der Waals surface area (Å²) in [4.78, 5) is 32.0. The number of nitrogens with zero attached hydrogens (tertiary/aromatic N) is 3. The molecule has 1 amide bonds. The highest BCUT2D eigenvalue weighted by molar-refractivity contribution is 7.80. The van der Waals surface area contributed by atoms with Crippen LogP contribution < -0.4 is 10.6 Å². The van der Waals surface area contributed by atoms with E-state index in [2.05, 4.69) is 45.0 Å². The lowest BCUT2D eigenvalue weighted by molar-refractivity contribution is -0.116. The normalized spacial score (nSPS) is 16.2. The number of carbonyl (C=O) groups is 2. The average Bonchev–Trinajstić information content (AvgIpc) is 3.54. The smallest absolute Gasteiger partial charge is 0.337 e. The van der Waals surface area contributed by atoms with Crippen molar-refractivity contribution in [3.63, 3.8) is 0 Å². The van der Waals surface area contributed by atoms with E-state index in [1.165, 1.54) is 7.11 Å². The number of hydrogen-bond acceptors (Lipinski definition) is 5. The fourth-order valence-corrected chi connectivity index (χ4v) is 6.43. The van der Waals surface area contributed by atoms with Crippen LogP contribution in [0.4, 0.5) is 5.69 Å². The fraction of sp³-hybridized carbons (Fsp3) is 0.200. The van der Waals surface area contributed by atoms with Crippen LogP contribution in [0.3, 0.4) is 0 Å². The average molecular weight is 604 g/mol. The zero-order chi connectivity index (χ0) is 30.8. The molecule has 1 fully saturated rings. The Hall–Kier alpha value is -5.02.